The second-order valence-electron chi connectivity index (χ2n) is 2.88. The van der Waals surface area contributed by atoms with Crippen LogP contribution >= 0.6 is 22.9 Å². The molecular formula is C9H8ClN3OS. The molecule has 4 nitrogen and oxygen atoms in total. The van der Waals surface area contributed by atoms with Crippen molar-refractivity contribution in [3.63, 3.8) is 0 Å². The smallest absolute Gasteiger partial charge is 0.134 e. The number of nitrogen functional groups attached to an aromatic ring is 1. The summed E-state index contributed by atoms with van der Waals surface area (Å²) in [6.07, 6.45) is 2.20. The topological polar surface area (TPSA) is 72.0 Å². The first kappa shape index (κ1) is 10.4. The lowest BCUT2D eigenvalue weighted by Crippen LogP contribution is -2.04. The van der Waals surface area contributed by atoms with Crippen molar-refractivity contribution < 1.29 is 5.11 Å². The fourth-order valence-corrected chi connectivity index (χ4v) is 2.12. The molecule has 0 aliphatic carbocycles. The van der Waals surface area contributed by atoms with Crippen LogP contribution in [-0.4, -0.2) is 15.1 Å². The Bertz CT molecular complexity index is 474. The molecule has 0 aliphatic heterocycles. The summed E-state index contributed by atoms with van der Waals surface area (Å²) in [4.78, 5) is 7.88. The van der Waals surface area contributed by atoms with E-state index in [1.807, 2.05) is 0 Å². The maximum atomic E-state index is 9.96. The van der Waals surface area contributed by atoms with Crippen LogP contribution in [-0.2, 0) is 0 Å². The van der Waals surface area contributed by atoms with Crippen LogP contribution in [0.3, 0.4) is 0 Å². The number of anilines is 1. The third kappa shape index (κ3) is 2.09. The maximum absolute atomic E-state index is 9.96. The Labute approximate surface area is 95.4 Å². The van der Waals surface area contributed by atoms with E-state index in [1.54, 1.807) is 18.3 Å². The SMILES string of the molecule is Nc1ncccc1C(O)c1ncc(Cl)s1. The fourth-order valence-electron chi connectivity index (χ4n) is 1.19. The zero-order valence-corrected chi connectivity index (χ0v) is 9.16. The number of aliphatic hydroxyl groups excluding tert-OH is 1. The van der Waals surface area contributed by atoms with Gasteiger partial charge in [0.1, 0.15) is 21.3 Å². The number of rotatable bonds is 2. The molecule has 0 saturated carbocycles. The van der Waals surface area contributed by atoms with E-state index in [2.05, 4.69) is 9.97 Å². The minimum Gasteiger partial charge on any atom is -0.383 e. The van der Waals surface area contributed by atoms with Crippen molar-refractivity contribution in [1.82, 2.24) is 9.97 Å². The molecule has 3 N–H and O–H groups in total. The largest absolute Gasteiger partial charge is 0.383 e. The summed E-state index contributed by atoms with van der Waals surface area (Å²) in [6, 6.07) is 3.42. The summed E-state index contributed by atoms with van der Waals surface area (Å²) in [6.45, 7) is 0. The summed E-state index contributed by atoms with van der Waals surface area (Å²) >= 11 is 6.95. The predicted octanol–water partition coefficient (Wildman–Crippen LogP) is 1.86. The average molecular weight is 242 g/mol. The Balaban J connectivity index is 2.36. The lowest BCUT2D eigenvalue weighted by Gasteiger charge is -2.08. The summed E-state index contributed by atoms with van der Waals surface area (Å²) < 4.78 is 0.534. The molecule has 0 amide bonds. The van der Waals surface area contributed by atoms with Gasteiger partial charge in [-0.2, -0.15) is 0 Å². The molecule has 2 aromatic heterocycles. The molecule has 15 heavy (non-hydrogen) atoms. The average Bonchev–Trinajstić information content (AvgIpc) is 2.65. The van der Waals surface area contributed by atoms with Crippen molar-refractivity contribution in [2.24, 2.45) is 0 Å². The fraction of sp³-hybridized carbons (Fsp3) is 0.111. The van der Waals surface area contributed by atoms with Gasteiger partial charge in [-0.05, 0) is 6.07 Å². The standard InChI is InChI=1S/C9H8ClN3OS/c10-6-4-13-9(15-6)7(14)5-2-1-3-12-8(5)11/h1-4,7,14H,(H2,11,12). The van der Waals surface area contributed by atoms with Gasteiger partial charge in [-0.25, -0.2) is 9.97 Å². The number of thiazole rings is 1. The van der Waals surface area contributed by atoms with Crippen molar-refractivity contribution in [2.45, 2.75) is 6.10 Å². The molecule has 0 saturated heterocycles. The molecule has 0 aromatic carbocycles. The Morgan fingerprint density at radius 3 is 2.87 bits per heavy atom. The highest BCUT2D eigenvalue weighted by Crippen LogP contribution is 2.30. The van der Waals surface area contributed by atoms with Gasteiger partial charge in [-0.15, -0.1) is 11.3 Å². The molecule has 1 atom stereocenters. The number of hydrogen-bond donors (Lipinski definition) is 2. The quantitative estimate of drug-likeness (QED) is 0.842. The third-order valence-corrected chi connectivity index (χ3v) is 3.06. The summed E-state index contributed by atoms with van der Waals surface area (Å²) in [5, 5.41) is 10.5. The van der Waals surface area contributed by atoms with E-state index >= 15 is 0 Å². The van der Waals surface area contributed by atoms with E-state index < -0.39 is 6.10 Å². The summed E-state index contributed by atoms with van der Waals surface area (Å²) in [7, 11) is 0. The van der Waals surface area contributed by atoms with Crippen LogP contribution in [0.1, 0.15) is 16.7 Å². The first-order valence-corrected chi connectivity index (χ1v) is 5.37. The molecule has 0 radical (unpaired) electrons. The van der Waals surface area contributed by atoms with Gasteiger partial charge in [0.2, 0.25) is 0 Å². The van der Waals surface area contributed by atoms with E-state index in [0.29, 0.717) is 20.7 Å². The van der Waals surface area contributed by atoms with Gasteiger partial charge in [-0.3, -0.25) is 0 Å². The monoisotopic (exact) mass is 241 g/mol. The van der Waals surface area contributed by atoms with E-state index in [4.69, 9.17) is 17.3 Å². The highest BCUT2D eigenvalue weighted by atomic mass is 35.5. The Morgan fingerprint density at radius 2 is 2.27 bits per heavy atom. The molecule has 2 rings (SSSR count). The molecule has 0 fully saturated rings. The second-order valence-corrected chi connectivity index (χ2v) is 4.58. The lowest BCUT2D eigenvalue weighted by atomic mass is 10.1. The van der Waals surface area contributed by atoms with Gasteiger partial charge in [0.25, 0.3) is 0 Å². The van der Waals surface area contributed by atoms with Crippen LogP contribution in [0, 0.1) is 0 Å². The highest BCUT2D eigenvalue weighted by molar-refractivity contribution is 7.15. The minimum absolute atomic E-state index is 0.302. The van der Waals surface area contributed by atoms with Gasteiger partial charge in [0, 0.05) is 11.8 Å². The van der Waals surface area contributed by atoms with Crippen molar-refractivity contribution in [1.29, 1.82) is 0 Å². The molecule has 0 spiro atoms. The van der Waals surface area contributed by atoms with E-state index in [0.717, 1.165) is 0 Å². The molecule has 1 unspecified atom stereocenters. The molecular weight excluding hydrogens is 234 g/mol. The first-order valence-electron chi connectivity index (χ1n) is 4.18. The molecule has 0 aliphatic rings. The van der Waals surface area contributed by atoms with E-state index in [-0.39, 0.29) is 0 Å². The summed E-state index contributed by atoms with van der Waals surface area (Å²) in [5.41, 5.74) is 6.18. The lowest BCUT2D eigenvalue weighted by molar-refractivity contribution is 0.220. The van der Waals surface area contributed by atoms with Crippen LogP contribution < -0.4 is 5.73 Å². The molecule has 0 bridgehead atoms. The van der Waals surface area contributed by atoms with Crippen molar-refractivity contribution in [3.8, 4) is 0 Å². The number of halogens is 1. The normalized spacial score (nSPS) is 12.7. The second kappa shape index (κ2) is 4.14. The Hall–Kier alpha value is -1.17. The van der Waals surface area contributed by atoms with E-state index in [1.165, 1.54) is 17.5 Å². The van der Waals surface area contributed by atoms with Gasteiger partial charge >= 0.3 is 0 Å². The number of nitrogens with two attached hydrogens (primary N) is 1. The Kier molecular flexibility index (Phi) is 2.86. The number of aromatic nitrogens is 2. The van der Waals surface area contributed by atoms with Crippen LogP contribution in [0.2, 0.25) is 4.34 Å². The van der Waals surface area contributed by atoms with Gasteiger partial charge < -0.3 is 10.8 Å². The van der Waals surface area contributed by atoms with Crippen LogP contribution in [0.15, 0.2) is 24.5 Å². The van der Waals surface area contributed by atoms with Crippen molar-refractivity contribution >= 4 is 28.8 Å². The van der Waals surface area contributed by atoms with Crippen LogP contribution in [0.4, 0.5) is 5.82 Å². The third-order valence-electron chi connectivity index (χ3n) is 1.90. The molecule has 2 heterocycles. The number of aliphatic hydroxyl groups is 1. The van der Waals surface area contributed by atoms with Gasteiger partial charge in [-0.1, -0.05) is 17.7 Å². The molecule has 6 heteroatoms. The zero-order chi connectivity index (χ0) is 10.8. The zero-order valence-electron chi connectivity index (χ0n) is 7.59. The number of nitrogens with zero attached hydrogens (tertiary/aromatic N) is 2. The predicted molar refractivity (Wildman–Crippen MR) is 59.8 cm³/mol. The van der Waals surface area contributed by atoms with E-state index in [9.17, 15) is 5.11 Å². The first-order chi connectivity index (χ1) is 7.18. The van der Waals surface area contributed by atoms with Gasteiger partial charge in [0.15, 0.2) is 0 Å². The van der Waals surface area contributed by atoms with Crippen molar-refractivity contribution in [3.05, 3.63) is 39.4 Å². The van der Waals surface area contributed by atoms with Gasteiger partial charge in [0.05, 0.1) is 6.20 Å². The van der Waals surface area contributed by atoms with Crippen LogP contribution in [0.25, 0.3) is 0 Å². The molecule has 78 valence electrons. The highest BCUT2D eigenvalue weighted by Gasteiger charge is 2.17. The number of hydrogen-bond acceptors (Lipinski definition) is 5. The Morgan fingerprint density at radius 1 is 1.47 bits per heavy atom. The molecule has 2 aromatic rings. The van der Waals surface area contributed by atoms with Crippen LogP contribution in [0.5, 0.6) is 0 Å². The summed E-state index contributed by atoms with van der Waals surface area (Å²) in [5.74, 6) is 0.302. The number of pyridine rings is 1. The van der Waals surface area contributed by atoms with Crippen molar-refractivity contribution in [2.75, 3.05) is 5.73 Å². The maximum Gasteiger partial charge on any atom is 0.134 e. The minimum atomic E-state index is -0.865.